The first-order valence-corrected chi connectivity index (χ1v) is 9.12. The molecule has 2 aliphatic heterocycles. The number of benzene rings is 1. The minimum Gasteiger partial charge on any atom is -0.494 e. The second kappa shape index (κ2) is 7.97. The lowest BCUT2D eigenvalue weighted by atomic mass is 10.2. The van der Waals surface area contributed by atoms with Crippen molar-refractivity contribution < 1.29 is 14.3 Å². The molecule has 2 saturated heterocycles. The average molecular weight is 345 g/mol. The molecule has 0 aliphatic carbocycles. The molecule has 0 spiro atoms. The molecule has 6 heteroatoms. The van der Waals surface area contributed by atoms with Crippen molar-refractivity contribution in [3.8, 4) is 5.75 Å². The molecule has 2 heterocycles. The van der Waals surface area contributed by atoms with Gasteiger partial charge in [0.2, 0.25) is 5.91 Å². The SMILES string of the molecule is CCCCOc1ccc(N2C(=O)C[C@H](N3CCN(C)CC3)C2=O)cc1. The molecule has 136 valence electrons. The summed E-state index contributed by atoms with van der Waals surface area (Å²) in [4.78, 5) is 31.0. The van der Waals surface area contributed by atoms with Gasteiger partial charge in [0.05, 0.1) is 24.8 Å². The first-order valence-electron chi connectivity index (χ1n) is 9.12. The molecule has 0 radical (unpaired) electrons. The van der Waals surface area contributed by atoms with Gasteiger partial charge in [-0.05, 0) is 37.7 Å². The number of unbranched alkanes of at least 4 members (excludes halogenated alkanes) is 1. The van der Waals surface area contributed by atoms with Crippen molar-refractivity contribution in [2.75, 3.05) is 44.7 Å². The molecule has 1 aromatic rings. The monoisotopic (exact) mass is 345 g/mol. The van der Waals surface area contributed by atoms with Gasteiger partial charge in [0, 0.05) is 26.2 Å². The van der Waals surface area contributed by atoms with E-state index in [1.54, 1.807) is 12.1 Å². The molecule has 1 aromatic carbocycles. The third-order valence-corrected chi connectivity index (χ3v) is 4.96. The highest BCUT2D eigenvalue weighted by Crippen LogP contribution is 2.27. The van der Waals surface area contributed by atoms with Gasteiger partial charge in [-0.1, -0.05) is 13.3 Å². The number of likely N-dealkylation sites (N-methyl/N-ethyl adjacent to an activating group) is 1. The molecule has 2 amide bonds. The maximum Gasteiger partial charge on any atom is 0.251 e. The van der Waals surface area contributed by atoms with E-state index in [9.17, 15) is 9.59 Å². The van der Waals surface area contributed by atoms with Gasteiger partial charge in [-0.3, -0.25) is 14.5 Å². The van der Waals surface area contributed by atoms with Crippen LogP contribution in [0.1, 0.15) is 26.2 Å². The van der Waals surface area contributed by atoms with Crippen LogP contribution in [0.4, 0.5) is 5.69 Å². The minimum absolute atomic E-state index is 0.103. The number of hydrogen-bond acceptors (Lipinski definition) is 5. The number of imide groups is 1. The van der Waals surface area contributed by atoms with Crippen LogP contribution in [0, 0.1) is 0 Å². The molecule has 1 atom stereocenters. The van der Waals surface area contributed by atoms with E-state index in [1.165, 1.54) is 4.90 Å². The van der Waals surface area contributed by atoms with E-state index in [4.69, 9.17) is 4.74 Å². The molecule has 0 unspecified atom stereocenters. The Morgan fingerprint density at radius 2 is 1.76 bits per heavy atom. The molecule has 25 heavy (non-hydrogen) atoms. The zero-order valence-corrected chi connectivity index (χ0v) is 15.1. The first-order chi connectivity index (χ1) is 12.1. The topological polar surface area (TPSA) is 53.1 Å². The van der Waals surface area contributed by atoms with Crippen LogP contribution >= 0.6 is 0 Å². The Morgan fingerprint density at radius 3 is 2.40 bits per heavy atom. The van der Waals surface area contributed by atoms with Gasteiger partial charge in [-0.15, -0.1) is 0 Å². The highest BCUT2D eigenvalue weighted by molar-refractivity contribution is 6.22. The lowest BCUT2D eigenvalue weighted by Crippen LogP contribution is -2.51. The Balaban J connectivity index is 1.66. The summed E-state index contributed by atoms with van der Waals surface area (Å²) < 4.78 is 5.64. The Hall–Kier alpha value is -1.92. The molecular weight excluding hydrogens is 318 g/mol. The smallest absolute Gasteiger partial charge is 0.251 e. The van der Waals surface area contributed by atoms with Crippen LogP contribution in [0.3, 0.4) is 0 Å². The summed E-state index contributed by atoms with van der Waals surface area (Å²) in [6.07, 6.45) is 2.37. The van der Waals surface area contributed by atoms with Gasteiger partial charge in [0.1, 0.15) is 5.75 Å². The summed E-state index contributed by atoms with van der Waals surface area (Å²) in [7, 11) is 2.08. The van der Waals surface area contributed by atoms with E-state index >= 15 is 0 Å². The van der Waals surface area contributed by atoms with E-state index in [2.05, 4.69) is 23.8 Å². The fourth-order valence-electron chi connectivity index (χ4n) is 3.33. The summed E-state index contributed by atoms with van der Waals surface area (Å²) in [6.45, 7) is 6.33. The first kappa shape index (κ1) is 17.9. The second-order valence-corrected chi connectivity index (χ2v) is 6.82. The number of hydrogen-bond donors (Lipinski definition) is 0. The standard InChI is InChI=1S/C19H27N3O3/c1-3-4-13-25-16-7-5-15(6-8-16)22-18(23)14-17(19(22)24)21-11-9-20(2)10-12-21/h5-8,17H,3-4,9-14H2,1-2H3/t17-/m0/s1. The largest absolute Gasteiger partial charge is 0.494 e. The zero-order valence-electron chi connectivity index (χ0n) is 15.1. The van der Waals surface area contributed by atoms with Crippen molar-refractivity contribution >= 4 is 17.5 Å². The maximum atomic E-state index is 12.8. The van der Waals surface area contributed by atoms with Crippen LogP contribution in [0.5, 0.6) is 5.75 Å². The Kier molecular flexibility index (Phi) is 5.71. The van der Waals surface area contributed by atoms with Gasteiger partial charge in [-0.25, -0.2) is 4.90 Å². The fourth-order valence-corrected chi connectivity index (χ4v) is 3.33. The van der Waals surface area contributed by atoms with E-state index in [0.717, 1.165) is 44.8 Å². The maximum absolute atomic E-state index is 12.8. The van der Waals surface area contributed by atoms with E-state index < -0.39 is 0 Å². The highest BCUT2D eigenvalue weighted by Gasteiger charge is 2.43. The van der Waals surface area contributed by atoms with E-state index in [-0.39, 0.29) is 24.3 Å². The lowest BCUT2D eigenvalue weighted by Gasteiger charge is -2.35. The summed E-state index contributed by atoms with van der Waals surface area (Å²) >= 11 is 0. The summed E-state index contributed by atoms with van der Waals surface area (Å²) in [6, 6.07) is 6.93. The predicted molar refractivity (Wildman–Crippen MR) is 96.8 cm³/mol. The Morgan fingerprint density at radius 1 is 1.08 bits per heavy atom. The normalized spacial score (nSPS) is 22.6. The molecule has 0 aromatic heterocycles. The van der Waals surface area contributed by atoms with Crippen molar-refractivity contribution in [3.05, 3.63) is 24.3 Å². The quantitative estimate of drug-likeness (QED) is 0.581. The van der Waals surface area contributed by atoms with Crippen LogP contribution in [0.25, 0.3) is 0 Å². The minimum atomic E-state index is -0.318. The number of carbonyl (C=O) groups is 2. The number of carbonyl (C=O) groups excluding carboxylic acids is 2. The van der Waals surface area contributed by atoms with Crippen molar-refractivity contribution in [3.63, 3.8) is 0 Å². The number of amides is 2. The third kappa shape index (κ3) is 4.02. The highest BCUT2D eigenvalue weighted by atomic mass is 16.5. The van der Waals surface area contributed by atoms with Gasteiger partial charge < -0.3 is 9.64 Å². The number of anilines is 1. The molecule has 2 aliphatic rings. The van der Waals surface area contributed by atoms with Crippen LogP contribution in [0.2, 0.25) is 0 Å². The Bertz CT molecular complexity index is 609. The average Bonchev–Trinajstić information content (AvgIpc) is 2.91. The molecule has 0 bridgehead atoms. The molecule has 0 N–H and O–H groups in total. The molecule has 3 rings (SSSR count). The van der Waals surface area contributed by atoms with Crippen LogP contribution in [0.15, 0.2) is 24.3 Å². The van der Waals surface area contributed by atoms with Crippen molar-refractivity contribution in [2.45, 2.75) is 32.2 Å². The van der Waals surface area contributed by atoms with E-state index in [0.29, 0.717) is 12.3 Å². The molecule has 6 nitrogen and oxygen atoms in total. The zero-order chi connectivity index (χ0) is 17.8. The predicted octanol–water partition coefficient (Wildman–Crippen LogP) is 1.74. The molecule has 2 fully saturated rings. The van der Waals surface area contributed by atoms with Gasteiger partial charge in [0.15, 0.2) is 0 Å². The Labute approximate surface area is 149 Å². The van der Waals surface area contributed by atoms with Gasteiger partial charge >= 0.3 is 0 Å². The number of nitrogens with zero attached hydrogens (tertiary/aromatic N) is 3. The van der Waals surface area contributed by atoms with Gasteiger partial charge in [-0.2, -0.15) is 0 Å². The van der Waals surface area contributed by atoms with Crippen LogP contribution in [-0.2, 0) is 9.59 Å². The van der Waals surface area contributed by atoms with E-state index in [1.807, 2.05) is 12.1 Å². The summed E-state index contributed by atoms with van der Waals surface area (Å²) in [5.41, 5.74) is 0.634. The van der Waals surface area contributed by atoms with Crippen molar-refractivity contribution in [1.82, 2.24) is 9.80 Å². The number of rotatable bonds is 6. The van der Waals surface area contributed by atoms with Gasteiger partial charge in [0.25, 0.3) is 5.91 Å². The molecular formula is C19H27N3O3. The number of piperazine rings is 1. The molecule has 0 saturated carbocycles. The van der Waals surface area contributed by atoms with Crippen molar-refractivity contribution in [1.29, 1.82) is 0 Å². The lowest BCUT2D eigenvalue weighted by molar-refractivity contribution is -0.123. The van der Waals surface area contributed by atoms with Crippen molar-refractivity contribution in [2.24, 2.45) is 0 Å². The summed E-state index contributed by atoms with van der Waals surface area (Å²) in [5, 5.41) is 0. The van der Waals surface area contributed by atoms with Crippen LogP contribution < -0.4 is 9.64 Å². The summed E-state index contributed by atoms with van der Waals surface area (Å²) in [5.74, 6) is 0.551. The number of ether oxygens (including phenoxy) is 1. The third-order valence-electron chi connectivity index (χ3n) is 4.96. The fraction of sp³-hybridized carbons (Fsp3) is 0.579. The van der Waals surface area contributed by atoms with Crippen LogP contribution in [-0.4, -0.2) is 67.5 Å². The second-order valence-electron chi connectivity index (χ2n) is 6.82.